The largest absolute Gasteiger partial charge is 0.435 e. The van der Waals surface area contributed by atoms with Crippen LogP contribution in [0.1, 0.15) is 12.8 Å². The minimum atomic E-state index is -1.38. The van der Waals surface area contributed by atoms with E-state index in [1.54, 1.807) is 0 Å². The van der Waals surface area contributed by atoms with E-state index in [4.69, 9.17) is 15.0 Å². The number of aliphatic hydroxyl groups excluding tert-OH is 2. The van der Waals surface area contributed by atoms with Gasteiger partial charge < -0.3 is 15.0 Å². The van der Waals surface area contributed by atoms with Crippen LogP contribution in [0.25, 0.3) is 0 Å². The van der Waals surface area contributed by atoms with Crippen LogP contribution in [0.4, 0.5) is 0 Å². The maximum absolute atomic E-state index is 9.17. The van der Waals surface area contributed by atoms with Crippen LogP contribution < -0.4 is 0 Å². The van der Waals surface area contributed by atoms with Gasteiger partial charge in [0.25, 0.3) is 0 Å². The lowest BCUT2D eigenvalue weighted by Crippen LogP contribution is -2.30. The fourth-order valence-electron chi connectivity index (χ4n) is 1.39. The van der Waals surface area contributed by atoms with Crippen molar-refractivity contribution in [3.63, 3.8) is 0 Å². The Balaban J connectivity index is 3.40. The molecule has 4 nitrogen and oxygen atoms in total. The molecular formula is C9H23NO3Si. The van der Waals surface area contributed by atoms with E-state index in [2.05, 4.69) is 0 Å². The molecule has 0 heterocycles. The molecule has 0 aromatic heterocycles. The van der Waals surface area contributed by atoms with E-state index in [9.17, 15) is 0 Å². The van der Waals surface area contributed by atoms with Gasteiger partial charge in [-0.3, -0.25) is 4.90 Å². The Kier molecular flexibility index (Phi) is 9.64. The van der Waals surface area contributed by atoms with Crippen LogP contribution in [0.2, 0.25) is 12.6 Å². The van der Waals surface area contributed by atoms with E-state index in [0.717, 1.165) is 25.4 Å². The number of unbranched alkanes of at least 4 members (excludes halogenated alkanes) is 1. The highest BCUT2D eigenvalue weighted by atomic mass is 28.3. The highest BCUT2D eigenvalue weighted by Gasteiger charge is 2.03. The molecule has 0 saturated heterocycles. The Morgan fingerprint density at radius 2 is 1.57 bits per heavy atom. The second kappa shape index (κ2) is 9.61. The Bertz CT molecular complexity index is 119. The van der Waals surface area contributed by atoms with Crippen LogP contribution in [-0.4, -0.2) is 61.8 Å². The third kappa shape index (κ3) is 8.65. The second-order valence-corrected chi connectivity index (χ2v) is 5.91. The highest BCUT2D eigenvalue weighted by molar-refractivity contribution is 6.48. The summed E-state index contributed by atoms with van der Waals surface area (Å²) in [7, 11) is -1.38. The molecule has 0 rings (SSSR count). The first-order valence-electron chi connectivity index (χ1n) is 5.32. The van der Waals surface area contributed by atoms with Gasteiger partial charge in [-0.2, -0.15) is 0 Å². The lowest BCUT2D eigenvalue weighted by atomic mass is 10.3. The first-order valence-corrected chi connectivity index (χ1v) is 7.81. The summed E-state index contributed by atoms with van der Waals surface area (Å²) in [6.07, 6.45) is 2.09. The minimum Gasteiger partial charge on any atom is -0.435 e. The molecule has 0 radical (unpaired) electrons. The topological polar surface area (TPSA) is 63.9 Å². The van der Waals surface area contributed by atoms with Crippen LogP contribution >= 0.6 is 0 Å². The first-order chi connectivity index (χ1) is 6.70. The van der Waals surface area contributed by atoms with Gasteiger partial charge in [-0.15, -0.1) is 0 Å². The SMILES string of the molecule is C[SiH](O)CCCCN(CCO)CCO. The van der Waals surface area contributed by atoms with Crippen molar-refractivity contribution in [2.75, 3.05) is 32.8 Å². The standard InChI is InChI=1S/C9H23NO3Si/c1-14(13)9-3-2-4-10(5-7-11)6-8-12/h11-14H,2-9H2,1H3. The van der Waals surface area contributed by atoms with E-state index >= 15 is 0 Å². The molecular weight excluding hydrogens is 198 g/mol. The minimum absolute atomic E-state index is 0.144. The van der Waals surface area contributed by atoms with Crippen molar-refractivity contribution in [2.45, 2.75) is 25.4 Å². The van der Waals surface area contributed by atoms with Gasteiger partial charge in [0, 0.05) is 13.1 Å². The predicted molar refractivity (Wildman–Crippen MR) is 59.9 cm³/mol. The second-order valence-electron chi connectivity index (χ2n) is 3.63. The zero-order valence-corrected chi connectivity index (χ0v) is 10.2. The molecule has 0 aliphatic rings. The lowest BCUT2D eigenvalue weighted by molar-refractivity contribution is 0.159. The number of hydrogen-bond acceptors (Lipinski definition) is 4. The van der Waals surface area contributed by atoms with Crippen molar-refractivity contribution >= 4 is 9.04 Å². The molecule has 86 valence electrons. The van der Waals surface area contributed by atoms with Crippen LogP contribution in [0.15, 0.2) is 0 Å². The highest BCUT2D eigenvalue weighted by Crippen LogP contribution is 2.01. The molecule has 0 bridgehead atoms. The molecule has 14 heavy (non-hydrogen) atoms. The molecule has 5 heteroatoms. The third-order valence-corrected chi connectivity index (χ3v) is 3.42. The number of hydrogen-bond donors (Lipinski definition) is 3. The van der Waals surface area contributed by atoms with Crippen molar-refractivity contribution in [2.24, 2.45) is 0 Å². The quantitative estimate of drug-likeness (QED) is 0.359. The summed E-state index contributed by atoms with van der Waals surface area (Å²) < 4.78 is 0. The van der Waals surface area contributed by atoms with Crippen LogP contribution in [0, 0.1) is 0 Å². The first kappa shape index (κ1) is 14.1. The molecule has 0 aliphatic carbocycles. The molecule has 0 aromatic rings. The van der Waals surface area contributed by atoms with Gasteiger partial charge >= 0.3 is 0 Å². The zero-order chi connectivity index (χ0) is 10.8. The fourth-order valence-corrected chi connectivity index (χ4v) is 2.27. The van der Waals surface area contributed by atoms with E-state index in [1.165, 1.54) is 0 Å². The number of nitrogens with zero attached hydrogens (tertiary/aromatic N) is 1. The third-order valence-electron chi connectivity index (χ3n) is 2.18. The fraction of sp³-hybridized carbons (Fsp3) is 1.00. The normalized spacial score (nSPS) is 13.5. The molecule has 0 fully saturated rings. The zero-order valence-electron chi connectivity index (χ0n) is 9.02. The van der Waals surface area contributed by atoms with E-state index < -0.39 is 9.04 Å². The predicted octanol–water partition coefficient (Wildman–Crippen LogP) is -0.601. The molecule has 0 saturated carbocycles. The van der Waals surface area contributed by atoms with E-state index in [0.29, 0.717) is 13.1 Å². The van der Waals surface area contributed by atoms with Gasteiger partial charge in [-0.1, -0.05) is 6.42 Å². The van der Waals surface area contributed by atoms with Crippen molar-refractivity contribution in [3.8, 4) is 0 Å². The Labute approximate surface area is 87.9 Å². The Morgan fingerprint density at radius 1 is 1.00 bits per heavy atom. The number of rotatable bonds is 9. The van der Waals surface area contributed by atoms with Crippen LogP contribution in [-0.2, 0) is 0 Å². The van der Waals surface area contributed by atoms with Crippen molar-refractivity contribution in [1.29, 1.82) is 0 Å². The summed E-state index contributed by atoms with van der Waals surface area (Å²) in [6.45, 7) is 4.39. The van der Waals surface area contributed by atoms with E-state index in [-0.39, 0.29) is 13.2 Å². The van der Waals surface area contributed by atoms with E-state index in [1.807, 2.05) is 11.4 Å². The lowest BCUT2D eigenvalue weighted by Gasteiger charge is -2.19. The summed E-state index contributed by atoms with van der Waals surface area (Å²) >= 11 is 0. The van der Waals surface area contributed by atoms with Crippen molar-refractivity contribution in [1.82, 2.24) is 4.90 Å². The molecule has 0 aromatic carbocycles. The average molecular weight is 221 g/mol. The van der Waals surface area contributed by atoms with Gasteiger partial charge in [0.05, 0.1) is 13.2 Å². The maximum atomic E-state index is 9.17. The molecule has 3 N–H and O–H groups in total. The van der Waals surface area contributed by atoms with Gasteiger partial charge in [-0.25, -0.2) is 0 Å². The summed E-state index contributed by atoms with van der Waals surface area (Å²) in [5, 5.41) is 17.5. The monoisotopic (exact) mass is 221 g/mol. The summed E-state index contributed by atoms with van der Waals surface area (Å²) in [5.74, 6) is 0. The van der Waals surface area contributed by atoms with Crippen LogP contribution in [0.5, 0.6) is 0 Å². The molecule has 1 atom stereocenters. The average Bonchev–Trinajstić information content (AvgIpc) is 2.12. The molecule has 0 spiro atoms. The van der Waals surface area contributed by atoms with Gasteiger partial charge in [-0.05, 0) is 25.6 Å². The van der Waals surface area contributed by atoms with Crippen molar-refractivity contribution < 1.29 is 15.0 Å². The molecule has 0 aliphatic heterocycles. The van der Waals surface area contributed by atoms with Gasteiger partial charge in [0.15, 0.2) is 9.04 Å². The summed E-state index contributed by atoms with van der Waals surface area (Å²) in [5.41, 5.74) is 0. The van der Waals surface area contributed by atoms with Crippen molar-refractivity contribution in [3.05, 3.63) is 0 Å². The summed E-state index contributed by atoms with van der Waals surface area (Å²) in [4.78, 5) is 11.2. The molecule has 1 unspecified atom stereocenters. The van der Waals surface area contributed by atoms with Gasteiger partial charge in [0.2, 0.25) is 0 Å². The summed E-state index contributed by atoms with van der Waals surface area (Å²) in [6, 6.07) is 0.964. The Morgan fingerprint density at radius 3 is 2.00 bits per heavy atom. The van der Waals surface area contributed by atoms with Gasteiger partial charge in [0.1, 0.15) is 0 Å². The maximum Gasteiger partial charge on any atom is 0.169 e. The van der Waals surface area contributed by atoms with Crippen LogP contribution in [0.3, 0.4) is 0 Å². The molecule has 0 amide bonds. The smallest absolute Gasteiger partial charge is 0.169 e. The number of aliphatic hydroxyl groups is 2. The Hall–Kier alpha value is 0.0569.